The van der Waals surface area contributed by atoms with Crippen LogP contribution in [0.4, 0.5) is 0 Å². The van der Waals surface area contributed by atoms with Crippen LogP contribution in [0.1, 0.15) is 43.8 Å². The van der Waals surface area contributed by atoms with Crippen LogP contribution in [0.15, 0.2) is 30.3 Å². The molecule has 0 unspecified atom stereocenters. The van der Waals surface area contributed by atoms with Crippen molar-refractivity contribution in [2.75, 3.05) is 7.11 Å². The van der Waals surface area contributed by atoms with Crippen molar-refractivity contribution in [2.24, 2.45) is 5.92 Å². The fourth-order valence-corrected chi connectivity index (χ4v) is 3.10. The van der Waals surface area contributed by atoms with Gasteiger partial charge in [-0.1, -0.05) is 49.6 Å². The molecule has 0 aliphatic heterocycles. The SMILES string of the molecule is CO[C@@H](C(=O)N[C@H](C(=O)O)C1CCCCC1)c1ccccc1. The van der Waals surface area contributed by atoms with Gasteiger partial charge in [-0.3, -0.25) is 4.79 Å². The van der Waals surface area contributed by atoms with Crippen molar-refractivity contribution < 1.29 is 19.4 Å². The van der Waals surface area contributed by atoms with E-state index in [-0.39, 0.29) is 5.92 Å². The quantitative estimate of drug-likeness (QED) is 0.847. The largest absolute Gasteiger partial charge is 0.480 e. The maximum Gasteiger partial charge on any atom is 0.326 e. The lowest BCUT2D eigenvalue weighted by Crippen LogP contribution is -2.48. The number of carboxylic acids is 1. The zero-order valence-electron chi connectivity index (χ0n) is 12.8. The number of amides is 1. The zero-order valence-corrected chi connectivity index (χ0v) is 12.8. The zero-order chi connectivity index (χ0) is 15.9. The second kappa shape index (κ2) is 7.94. The lowest BCUT2D eigenvalue weighted by Gasteiger charge is -2.29. The molecule has 0 bridgehead atoms. The number of methoxy groups -OCH3 is 1. The molecule has 1 amide bonds. The number of ether oxygens (including phenoxy) is 1. The van der Waals surface area contributed by atoms with Crippen LogP contribution in [0.2, 0.25) is 0 Å². The predicted molar refractivity (Wildman–Crippen MR) is 82.3 cm³/mol. The number of carboxylic acid groups (broad SMARTS) is 1. The molecule has 22 heavy (non-hydrogen) atoms. The molecule has 0 saturated heterocycles. The highest BCUT2D eigenvalue weighted by Crippen LogP contribution is 2.27. The molecule has 2 rings (SSSR count). The van der Waals surface area contributed by atoms with Crippen LogP contribution < -0.4 is 5.32 Å². The molecule has 2 N–H and O–H groups in total. The highest BCUT2D eigenvalue weighted by Gasteiger charge is 2.33. The number of hydrogen-bond donors (Lipinski definition) is 2. The average Bonchev–Trinajstić information content (AvgIpc) is 2.55. The minimum Gasteiger partial charge on any atom is -0.480 e. The number of benzene rings is 1. The first-order valence-corrected chi connectivity index (χ1v) is 7.74. The Morgan fingerprint density at radius 3 is 2.36 bits per heavy atom. The minimum atomic E-state index is -0.969. The van der Waals surface area contributed by atoms with Gasteiger partial charge in [-0.25, -0.2) is 4.79 Å². The fourth-order valence-electron chi connectivity index (χ4n) is 3.10. The molecule has 5 nitrogen and oxygen atoms in total. The van der Waals surface area contributed by atoms with Gasteiger partial charge in [0.1, 0.15) is 6.04 Å². The molecule has 0 spiro atoms. The summed E-state index contributed by atoms with van der Waals surface area (Å²) in [6, 6.07) is 8.26. The Labute approximate surface area is 130 Å². The molecule has 1 fully saturated rings. The smallest absolute Gasteiger partial charge is 0.326 e. The molecule has 1 aromatic carbocycles. The third-order valence-corrected chi connectivity index (χ3v) is 4.26. The number of carbonyl (C=O) groups excluding carboxylic acids is 1. The summed E-state index contributed by atoms with van der Waals surface area (Å²) >= 11 is 0. The first kappa shape index (κ1) is 16.5. The second-order valence-electron chi connectivity index (χ2n) is 5.75. The number of nitrogens with one attached hydrogen (secondary N) is 1. The molecule has 0 aromatic heterocycles. The van der Waals surface area contributed by atoms with E-state index in [1.54, 1.807) is 12.1 Å². The van der Waals surface area contributed by atoms with Gasteiger partial charge >= 0.3 is 5.97 Å². The summed E-state index contributed by atoms with van der Waals surface area (Å²) in [4.78, 5) is 24.0. The van der Waals surface area contributed by atoms with Gasteiger partial charge in [-0.05, 0) is 24.3 Å². The molecular weight excluding hydrogens is 282 g/mol. The summed E-state index contributed by atoms with van der Waals surface area (Å²) in [5, 5.41) is 12.1. The molecule has 5 heteroatoms. The Morgan fingerprint density at radius 2 is 1.82 bits per heavy atom. The van der Waals surface area contributed by atoms with Crippen LogP contribution in [0.25, 0.3) is 0 Å². The summed E-state index contributed by atoms with van der Waals surface area (Å²) in [6.07, 6.45) is 4.10. The Hall–Kier alpha value is -1.88. The maximum absolute atomic E-state index is 12.4. The molecule has 1 aliphatic carbocycles. The molecule has 120 valence electrons. The fraction of sp³-hybridized carbons (Fsp3) is 0.529. The van der Waals surface area contributed by atoms with Crippen LogP contribution in [0, 0.1) is 5.92 Å². The Morgan fingerprint density at radius 1 is 1.18 bits per heavy atom. The van der Waals surface area contributed by atoms with E-state index >= 15 is 0 Å². The second-order valence-corrected chi connectivity index (χ2v) is 5.75. The van der Waals surface area contributed by atoms with Gasteiger partial charge in [0, 0.05) is 7.11 Å². The van der Waals surface area contributed by atoms with E-state index in [0.29, 0.717) is 0 Å². The molecule has 1 saturated carbocycles. The molecule has 0 radical (unpaired) electrons. The van der Waals surface area contributed by atoms with Crippen LogP contribution in [0.5, 0.6) is 0 Å². The van der Waals surface area contributed by atoms with E-state index in [2.05, 4.69) is 5.32 Å². The van der Waals surface area contributed by atoms with Crippen LogP contribution in [-0.2, 0) is 14.3 Å². The van der Waals surface area contributed by atoms with Crippen molar-refractivity contribution in [3.05, 3.63) is 35.9 Å². The number of carbonyl (C=O) groups is 2. The van der Waals surface area contributed by atoms with E-state index in [9.17, 15) is 14.7 Å². The van der Waals surface area contributed by atoms with Crippen molar-refractivity contribution in [1.29, 1.82) is 0 Å². The topological polar surface area (TPSA) is 75.6 Å². The minimum absolute atomic E-state index is 0.00322. The Bertz CT molecular complexity index is 497. The third-order valence-electron chi connectivity index (χ3n) is 4.26. The normalized spacial score (nSPS) is 18.4. The standard InChI is InChI=1S/C17H23NO4/c1-22-15(13-10-6-3-7-11-13)16(19)18-14(17(20)21)12-8-4-2-5-9-12/h3,6-7,10-12,14-15H,2,4-5,8-9H2,1H3,(H,18,19)(H,20,21)/t14-,15+/m0/s1. The summed E-state index contributed by atoms with van der Waals surface area (Å²) in [5.41, 5.74) is 0.718. The summed E-state index contributed by atoms with van der Waals surface area (Å²) < 4.78 is 5.26. The van der Waals surface area contributed by atoms with Gasteiger partial charge in [0.2, 0.25) is 0 Å². The van der Waals surface area contributed by atoms with E-state index in [1.165, 1.54) is 7.11 Å². The van der Waals surface area contributed by atoms with Gasteiger partial charge in [0.15, 0.2) is 6.10 Å². The monoisotopic (exact) mass is 305 g/mol. The Kier molecular flexibility index (Phi) is 5.95. The highest BCUT2D eigenvalue weighted by atomic mass is 16.5. The molecule has 2 atom stereocenters. The molecule has 1 aliphatic rings. The van der Waals surface area contributed by atoms with Gasteiger partial charge < -0.3 is 15.2 Å². The maximum atomic E-state index is 12.4. The van der Waals surface area contributed by atoms with Crippen molar-refractivity contribution in [1.82, 2.24) is 5.32 Å². The number of hydrogen-bond acceptors (Lipinski definition) is 3. The van der Waals surface area contributed by atoms with Gasteiger partial charge in [0.05, 0.1) is 0 Å². The van der Waals surface area contributed by atoms with Crippen molar-refractivity contribution in [2.45, 2.75) is 44.2 Å². The first-order valence-electron chi connectivity index (χ1n) is 7.74. The molecule has 0 heterocycles. The van der Waals surface area contributed by atoms with E-state index in [1.807, 2.05) is 18.2 Å². The van der Waals surface area contributed by atoms with Crippen molar-refractivity contribution >= 4 is 11.9 Å². The van der Waals surface area contributed by atoms with Crippen molar-refractivity contribution in [3.63, 3.8) is 0 Å². The Balaban J connectivity index is 2.07. The van der Waals surface area contributed by atoms with Crippen LogP contribution >= 0.6 is 0 Å². The average molecular weight is 305 g/mol. The predicted octanol–water partition coefficient (Wildman–Crippen LogP) is 2.52. The summed E-state index contributed by atoms with van der Waals surface area (Å²) in [7, 11) is 1.45. The van der Waals surface area contributed by atoms with Crippen LogP contribution in [0.3, 0.4) is 0 Å². The van der Waals surface area contributed by atoms with Crippen molar-refractivity contribution in [3.8, 4) is 0 Å². The van der Waals surface area contributed by atoms with E-state index in [4.69, 9.17) is 4.74 Å². The van der Waals surface area contributed by atoms with Crippen LogP contribution in [-0.4, -0.2) is 30.1 Å². The number of aliphatic carboxylic acids is 1. The van der Waals surface area contributed by atoms with E-state index in [0.717, 1.165) is 37.7 Å². The highest BCUT2D eigenvalue weighted by molar-refractivity contribution is 5.87. The number of rotatable bonds is 6. The molecular formula is C17H23NO4. The first-order chi connectivity index (χ1) is 10.6. The third kappa shape index (κ3) is 4.07. The van der Waals surface area contributed by atoms with Gasteiger partial charge in [-0.15, -0.1) is 0 Å². The lowest BCUT2D eigenvalue weighted by molar-refractivity contribution is -0.146. The van der Waals surface area contributed by atoms with Gasteiger partial charge in [-0.2, -0.15) is 0 Å². The summed E-state index contributed by atoms with van der Waals surface area (Å²) in [6.45, 7) is 0. The summed E-state index contributed by atoms with van der Waals surface area (Å²) in [5.74, 6) is -1.36. The molecule has 1 aromatic rings. The van der Waals surface area contributed by atoms with E-state index < -0.39 is 24.0 Å². The lowest BCUT2D eigenvalue weighted by atomic mass is 9.83. The van der Waals surface area contributed by atoms with Gasteiger partial charge in [0.25, 0.3) is 5.91 Å².